The first kappa shape index (κ1) is 8.04. The molecule has 0 amide bonds. The molecule has 0 bridgehead atoms. The molecule has 1 aliphatic rings. The normalized spacial score (nSPS) is 14.9. The summed E-state index contributed by atoms with van der Waals surface area (Å²) in [6, 6.07) is 3.81. The molecule has 1 aliphatic carbocycles. The number of nitrogens with two attached hydrogens (primary N) is 1. The molecule has 0 aliphatic heterocycles. The second-order valence-corrected chi connectivity index (χ2v) is 4.12. The molecule has 0 saturated heterocycles. The highest BCUT2D eigenvalue weighted by Gasteiger charge is 2.20. The summed E-state index contributed by atoms with van der Waals surface area (Å²) in [6.07, 6.45) is 1.53. The number of aryl methyl sites for hydroxylation is 1. The Morgan fingerprint density at radius 1 is 1.33 bits per heavy atom. The molecule has 2 rings (SSSR count). The van der Waals surface area contributed by atoms with Gasteiger partial charge >= 0.3 is 0 Å². The van der Waals surface area contributed by atoms with Crippen LogP contribution in [0.4, 0.5) is 5.69 Å². The number of hydrogen-bond donors (Lipinski definition) is 1. The highest BCUT2D eigenvalue weighted by molar-refractivity contribution is 14.1. The topological polar surface area (TPSA) is 43.1 Å². The van der Waals surface area contributed by atoms with Gasteiger partial charge in [0, 0.05) is 21.2 Å². The van der Waals surface area contributed by atoms with Gasteiger partial charge in [-0.15, -0.1) is 0 Å². The Morgan fingerprint density at radius 2 is 2.08 bits per heavy atom. The van der Waals surface area contributed by atoms with E-state index < -0.39 is 0 Å². The fourth-order valence-electron chi connectivity index (χ4n) is 1.48. The molecule has 12 heavy (non-hydrogen) atoms. The summed E-state index contributed by atoms with van der Waals surface area (Å²) in [5.74, 6) is 0.230. The molecule has 1 aromatic rings. The third-order valence-corrected chi connectivity index (χ3v) is 3.08. The lowest BCUT2D eigenvalue weighted by Crippen LogP contribution is -1.96. The first-order chi connectivity index (χ1) is 5.68. The molecule has 3 heteroatoms. The van der Waals surface area contributed by atoms with Crippen molar-refractivity contribution in [3.63, 3.8) is 0 Å². The van der Waals surface area contributed by atoms with Crippen LogP contribution in [-0.4, -0.2) is 5.78 Å². The van der Waals surface area contributed by atoms with Gasteiger partial charge in [0.15, 0.2) is 5.78 Å². The summed E-state index contributed by atoms with van der Waals surface area (Å²) in [6.45, 7) is 0. The zero-order valence-corrected chi connectivity index (χ0v) is 8.59. The van der Waals surface area contributed by atoms with Crippen LogP contribution < -0.4 is 5.73 Å². The van der Waals surface area contributed by atoms with Gasteiger partial charge in [-0.05, 0) is 46.7 Å². The summed E-state index contributed by atoms with van der Waals surface area (Å²) >= 11 is 2.19. The monoisotopic (exact) mass is 273 g/mol. The Kier molecular flexibility index (Phi) is 1.83. The van der Waals surface area contributed by atoms with Crippen molar-refractivity contribution in [3.8, 4) is 0 Å². The van der Waals surface area contributed by atoms with Crippen LogP contribution in [0.3, 0.4) is 0 Å². The molecule has 0 atom stereocenters. The lowest BCUT2D eigenvalue weighted by atomic mass is 10.1. The molecule has 0 saturated carbocycles. The Bertz CT molecular complexity index is 360. The van der Waals surface area contributed by atoms with E-state index in [1.54, 1.807) is 6.07 Å². The molecule has 0 fully saturated rings. The minimum Gasteiger partial charge on any atom is -0.398 e. The number of Topliss-reactive ketones (excluding diaryl/α,β-unsaturated/α-hetero) is 1. The number of nitrogen functional groups attached to an aromatic ring is 1. The number of anilines is 1. The van der Waals surface area contributed by atoms with Crippen LogP contribution in [0.15, 0.2) is 12.1 Å². The van der Waals surface area contributed by atoms with Crippen molar-refractivity contribution in [2.75, 3.05) is 5.73 Å². The highest BCUT2D eigenvalue weighted by atomic mass is 127. The maximum absolute atomic E-state index is 11.3. The summed E-state index contributed by atoms with van der Waals surface area (Å²) in [4.78, 5) is 11.3. The van der Waals surface area contributed by atoms with E-state index in [-0.39, 0.29) is 5.78 Å². The van der Waals surface area contributed by atoms with Crippen LogP contribution in [-0.2, 0) is 6.42 Å². The Balaban J connectivity index is 2.63. The molecule has 0 unspecified atom stereocenters. The molecular weight excluding hydrogens is 265 g/mol. The van der Waals surface area contributed by atoms with Gasteiger partial charge in [0.05, 0.1) is 0 Å². The standard InChI is InChI=1S/C9H8INO/c10-7-3-5-1-2-9(12)6(5)4-8(7)11/h3-4H,1-2,11H2. The smallest absolute Gasteiger partial charge is 0.163 e. The van der Waals surface area contributed by atoms with Crippen LogP contribution in [0.2, 0.25) is 0 Å². The number of carbonyl (C=O) groups excluding carboxylic acids is 1. The van der Waals surface area contributed by atoms with Crippen molar-refractivity contribution in [2.45, 2.75) is 12.8 Å². The van der Waals surface area contributed by atoms with Crippen LogP contribution >= 0.6 is 22.6 Å². The second kappa shape index (κ2) is 2.73. The van der Waals surface area contributed by atoms with Crippen molar-refractivity contribution in [1.29, 1.82) is 0 Å². The number of halogens is 1. The molecule has 2 N–H and O–H groups in total. The molecule has 0 aromatic heterocycles. The molecule has 0 spiro atoms. The molecule has 0 heterocycles. The predicted molar refractivity (Wildman–Crippen MR) is 56.2 cm³/mol. The van der Waals surface area contributed by atoms with Crippen LogP contribution in [0.5, 0.6) is 0 Å². The first-order valence-corrected chi connectivity index (χ1v) is 4.87. The lowest BCUT2D eigenvalue weighted by Gasteiger charge is -2.01. The van der Waals surface area contributed by atoms with Crippen molar-refractivity contribution in [2.24, 2.45) is 0 Å². The quantitative estimate of drug-likeness (QED) is 0.580. The van der Waals surface area contributed by atoms with Crippen molar-refractivity contribution >= 4 is 34.1 Å². The first-order valence-electron chi connectivity index (χ1n) is 3.79. The largest absolute Gasteiger partial charge is 0.398 e. The third-order valence-electron chi connectivity index (χ3n) is 2.14. The average molecular weight is 273 g/mol. The van der Waals surface area contributed by atoms with E-state index in [2.05, 4.69) is 22.6 Å². The maximum Gasteiger partial charge on any atom is 0.163 e. The fraction of sp³-hybridized carbons (Fsp3) is 0.222. The third kappa shape index (κ3) is 1.12. The van der Waals surface area contributed by atoms with E-state index in [4.69, 9.17) is 5.73 Å². The number of fused-ring (bicyclic) bond motifs is 1. The van der Waals surface area contributed by atoms with E-state index in [1.807, 2.05) is 6.07 Å². The van der Waals surface area contributed by atoms with Gasteiger partial charge in [-0.2, -0.15) is 0 Å². The molecule has 62 valence electrons. The summed E-state index contributed by atoms with van der Waals surface area (Å²) in [5, 5.41) is 0. The van der Waals surface area contributed by atoms with Crippen molar-refractivity contribution in [3.05, 3.63) is 26.8 Å². The summed E-state index contributed by atoms with van der Waals surface area (Å²) in [5.41, 5.74) is 8.39. The summed E-state index contributed by atoms with van der Waals surface area (Å²) < 4.78 is 1.04. The Labute approximate surface area is 84.3 Å². The molecular formula is C9H8INO. The van der Waals surface area contributed by atoms with Crippen molar-refractivity contribution < 1.29 is 4.79 Å². The van der Waals surface area contributed by atoms with Gasteiger partial charge in [0.2, 0.25) is 0 Å². The van der Waals surface area contributed by atoms with Gasteiger partial charge in [-0.3, -0.25) is 4.79 Å². The van der Waals surface area contributed by atoms with Gasteiger partial charge in [0.25, 0.3) is 0 Å². The number of ketones is 1. The number of benzene rings is 1. The molecule has 0 radical (unpaired) electrons. The van der Waals surface area contributed by atoms with Crippen molar-refractivity contribution in [1.82, 2.24) is 0 Å². The van der Waals surface area contributed by atoms with Gasteiger partial charge in [0.1, 0.15) is 0 Å². The van der Waals surface area contributed by atoms with Gasteiger partial charge < -0.3 is 5.73 Å². The van der Waals surface area contributed by atoms with Crippen LogP contribution in [0.25, 0.3) is 0 Å². The maximum atomic E-state index is 11.3. The second-order valence-electron chi connectivity index (χ2n) is 2.95. The summed E-state index contributed by atoms with van der Waals surface area (Å²) in [7, 11) is 0. The number of rotatable bonds is 0. The Hall–Kier alpha value is -0.580. The molecule has 1 aromatic carbocycles. The number of hydrogen-bond acceptors (Lipinski definition) is 2. The predicted octanol–water partition coefficient (Wildman–Crippen LogP) is 2.00. The SMILES string of the molecule is Nc1cc2c(cc1I)CCC2=O. The zero-order chi connectivity index (χ0) is 8.72. The fourth-order valence-corrected chi connectivity index (χ4v) is 2.01. The number of carbonyl (C=O) groups is 1. The van der Waals surface area contributed by atoms with E-state index >= 15 is 0 Å². The van der Waals surface area contributed by atoms with Gasteiger partial charge in [-0.25, -0.2) is 0 Å². The van der Waals surface area contributed by atoms with E-state index in [0.717, 1.165) is 21.1 Å². The zero-order valence-electron chi connectivity index (χ0n) is 6.43. The highest BCUT2D eigenvalue weighted by Crippen LogP contribution is 2.27. The van der Waals surface area contributed by atoms with E-state index in [9.17, 15) is 4.79 Å². The van der Waals surface area contributed by atoms with Crippen LogP contribution in [0.1, 0.15) is 22.3 Å². The van der Waals surface area contributed by atoms with E-state index in [1.165, 1.54) is 0 Å². The Morgan fingerprint density at radius 3 is 2.83 bits per heavy atom. The average Bonchev–Trinajstić information content (AvgIpc) is 2.35. The minimum absolute atomic E-state index is 0.230. The van der Waals surface area contributed by atoms with E-state index in [0.29, 0.717) is 12.1 Å². The van der Waals surface area contributed by atoms with Crippen LogP contribution in [0, 0.1) is 3.57 Å². The lowest BCUT2D eigenvalue weighted by molar-refractivity contribution is 0.0994. The minimum atomic E-state index is 0.230. The molecule has 2 nitrogen and oxygen atoms in total. The van der Waals surface area contributed by atoms with Gasteiger partial charge in [-0.1, -0.05) is 0 Å².